The first-order valence-corrected chi connectivity index (χ1v) is 2.42. The molecular formula is C5H14NO+. The van der Waals surface area contributed by atoms with E-state index in [-0.39, 0.29) is 5.72 Å². The number of hydrogen-bond acceptors (Lipinski definition) is 1. The summed E-state index contributed by atoms with van der Waals surface area (Å²) in [5.41, 5.74) is -0.0417. The van der Waals surface area contributed by atoms with Crippen LogP contribution < -0.4 is 5.32 Å². The standard InChI is InChI=1S/C5H13NO/c1-5(2,6-3)7-4/h6H,1-4H3/p+1. The number of nitrogens with one attached hydrogen (secondary N) is 1. The summed E-state index contributed by atoms with van der Waals surface area (Å²) < 4.78 is 4.03. The lowest BCUT2D eigenvalue weighted by Gasteiger charge is -2.16. The molecule has 0 spiro atoms. The number of hydrogen-bond donors (Lipinski definition) is 1. The molecule has 0 fully saturated rings. The molecule has 0 radical (unpaired) electrons. The van der Waals surface area contributed by atoms with Crippen molar-refractivity contribution in [2.75, 3.05) is 14.2 Å². The minimum atomic E-state index is -0.0417. The van der Waals surface area contributed by atoms with Gasteiger partial charge in [-0.15, -0.1) is 0 Å². The Kier molecular flexibility index (Phi) is 2.26. The van der Waals surface area contributed by atoms with Crippen molar-refractivity contribution in [3.05, 3.63) is 0 Å². The van der Waals surface area contributed by atoms with Crippen LogP contribution in [0.3, 0.4) is 0 Å². The molecule has 0 saturated carbocycles. The fourth-order valence-corrected chi connectivity index (χ4v) is 0.112. The molecular weight excluding hydrogens is 90.1 g/mol. The molecule has 44 valence electrons. The van der Waals surface area contributed by atoms with Crippen molar-refractivity contribution in [1.82, 2.24) is 5.32 Å². The highest BCUT2D eigenvalue weighted by Gasteiger charge is 2.15. The topological polar surface area (TPSA) is 24.8 Å². The molecule has 0 unspecified atom stereocenters. The monoisotopic (exact) mass is 104 g/mol. The molecule has 0 aliphatic carbocycles. The van der Waals surface area contributed by atoms with E-state index in [9.17, 15) is 0 Å². The Morgan fingerprint density at radius 1 is 1.43 bits per heavy atom. The van der Waals surface area contributed by atoms with Gasteiger partial charge in [0.25, 0.3) is 0 Å². The highest BCUT2D eigenvalue weighted by atomic mass is 16.5. The molecule has 2 heteroatoms. The number of aliphatic hydroxyl groups is 2. The van der Waals surface area contributed by atoms with Gasteiger partial charge in [0, 0.05) is 13.8 Å². The van der Waals surface area contributed by atoms with Gasteiger partial charge in [-0.2, -0.15) is 0 Å². The summed E-state index contributed by atoms with van der Waals surface area (Å²) in [6.07, 6.45) is 0. The van der Waals surface area contributed by atoms with Gasteiger partial charge in [0.15, 0.2) is 0 Å². The Balaban J connectivity index is 3.36. The highest BCUT2D eigenvalue weighted by molar-refractivity contribution is 4.56. The van der Waals surface area contributed by atoms with Crippen LogP contribution in [0.15, 0.2) is 0 Å². The molecule has 7 heavy (non-hydrogen) atoms. The summed E-state index contributed by atoms with van der Waals surface area (Å²) in [4.78, 5) is 0. The van der Waals surface area contributed by atoms with Crippen LogP contribution in [0.4, 0.5) is 0 Å². The Hall–Kier alpha value is -0.0800. The summed E-state index contributed by atoms with van der Waals surface area (Å²) in [5, 5.41) is 3.02. The van der Waals surface area contributed by atoms with Crippen molar-refractivity contribution < 1.29 is 4.74 Å². The number of ether oxygens (including phenoxy) is 1. The molecule has 2 nitrogen and oxygen atoms in total. The van der Waals surface area contributed by atoms with E-state index >= 15 is 0 Å². The average Bonchev–Trinajstić information content (AvgIpc) is 1.68. The first-order valence-electron chi connectivity index (χ1n) is 2.42. The zero-order valence-corrected chi connectivity index (χ0v) is 5.45. The van der Waals surface area contributed by atoms with Crippen LogP contribution in [0.2, 0.25) is 0 Å². The molecule has 0 aromatic carbocycles. The van der Waals surface area contributed by atoms with Crippen molar-refractivity contribution in [2.45, 2.75) is 19.6 Å². The fourth-order valence-electron chi connectivity index (χ4n) is 0.112. The molecule has 0 heterocycles. The second-order valence-electron chi connectivity index (χ2n) is 2.03. The second kappa shape index (κ2) is 2.28. The normalized spacial score (nSPS) is 12.0. The van der Waals surface area contributed by atoms with Gasteiger partial charge in [0.2, 0.25) is 5.72 Å². The molecule has 0 aliphatic rings. The predicted molar refractivity (Wildman–Crippen MR) is 31.3 cm³/mol. The zero-order valence-electron chi connectivity index (χ0n) is 5.45. The van der Waals surface area contributed by atoms with Gasteiger partial charge in [-0.05, 0) is 7.05 Å². The van der Waals surface area contributed by atoms with Gasteiger partial charge in [-0.25, -0.2) is 0 Å². The van der Waals surface area contributed by atoms with E-state index in [1.165, 1.54) is 0 Å². The van der Waals surface area contributed by atoms with E-state index in [1.54, 1.807) is 7.11 Å². The van der Waals surface area contributed by atoms with Crippen LogP contribution in [0.1, 0.15) is 13.8 Å². The van der Waals surface area contributed by atoms with Crippen LogP contribution >= 0.6 is 0 Å². The van der Waals surface area contributed by atoms with Crippen molar-refractivity contribution in [2.24, 2.45) is 0 Å². The van der Waals surface area contributed by atoms with Crippen LogP contribution in [-0.2, 0) is 0 Å². The molecule has 0 saturated heterocycles. The van der Waals surface area contributed by atoms with Crippen LogP contribution in [-0.4, -0.2) is 24.6 Å². The minimum absolute atomic E-state index is 0.0417. The first-order chi connectivity index (χ1) is 3.12. The lowest BCUT2D eigenvalue weighted by Crippen LogP contribution is -2.40. The van der Waals surface area contributed by atoms with E-state index in [1.807, 2.05) is 20.9 Å². The minimum Gasteiger partial charge on any atom is -0.420 e. The molecule has 0 amide bonds. The summed E-state index contributed by atoms with van der Waals surface area (Å²) in [7, 11) is 3.70. The molecule has 0 aliphatic heterocycles. The van der Waals surface area contributed by atoms with Crippen molar-refractivity contribution in [3.8, 4) is 0 Å². The summed E-state index contributed by atoms with van der Waals surface area (Å²) in [6.45, 7) is 4.04. The molecule has 0 aromatic heterocycles. The van der Waals surface area contributed by atoms with Gasteiger partial charge < -0.3 is 4.74 Å². The maximum atomic E-state index is 4.03. The SMILES string of the molecule is CNC(C)(C)[OH+]C. The van der Waals surface area contributed by atoms with E-state index in [0.29, 0.717) is 0 Å². The third kappa shape index (κ3) is 2.60. The lowest BCUT2D eigenvalue weighted by atomic mass is 10.3. The third-order valence-corrected chi connectivity index (χ3v) is 1.17. The predicted octanol–water partition coefficient (Wildman–Crippen LogP) is 0.0997. The van der Waals surface area contributed by atoms with E-state index in [4.69, 9.17) is 0 Å². The molecule has 0 rings (SSSR count). The fraction of sp³-hybridized carbons (Fsp3) is 1.00. The van der Waals surface area contributed by atoms with Gasteiger partial charge in [0.05, 0.1) is 0 Å². The smallest absolute Gasteiger partial charge is 0.215 e. The average molecular weight is 104 g/mol. The Morgan fingerprint density at radius 3 is 1.86 bits per heavy atom. The van der Waals surface area contributed by atoms with Crippen molar-refractivity contribution >= 4 is 0 Å². The Labute approximate surface area is 44.9 Å². The van der Waals surface area contributed by atoms with Gasteiger partial charge in [0.1, 0.15) is 7.11 Å². The number of rotatable bonds is 2. The molecule has 2 N–H and O–H groups in total. The van der Waals surface area contributed by atoms with E-state index in [2.05, 4.69) is 10.1 Å². The van der Waals surface area contributed by atoms with E-state index in [0.717, 1.165) is 0 Å². The summed E-state index contributed by atoms with van der Waals surface area (Å²) in [6, 6.07) is 0. The van der Waals surface area contributed by atoms with Gasteiger partial charge in [-0.3, -0.25) is 5.32 Å². The van der Waals surface area contributed by atoms with E-state index < -0.39 is 0 Å². The lowest BCUT2D eigenvalue weighted by molar-refractivity contribution is -0.142. The molecule has 0 atom stereocenters. The maximum Gasteiger partial charge on any atom is 0.215 e. The quantitative estimate of drug-likeness (QED) is 0.390. The van der Waals surface area contributed by atoms with Crippen LogP contribution in [0, 0.1) is 0 Å². The Bertz CT molecular complexity index is 46.0. The van der Waals surface area contributed by atoms with Crippen molar-refractivity contribution in [3.63, 3.8) is 0 Å². The second-order valence-corrected chi connectivity index (χ2v) is 2.03. The largest absolute Gasteiger partial charge is 0.420 e. The molecule has 0 aromatic rings. The van der Waals surface area contributed by atoms with Crippen molar-refractivity contribution in [1.29, 1.82) is 0 Å². The van der Waals surface area contributed by atoms with Gasteiger partial charge >= 0.3 is 0 Å². The molecule has 0 bridgehead atoms. The van der Waals surface area contributed by atoms with Crippen LogP contribution in [0.25, 0.3) is 0 Å². The Morgan fingerprint density at radius 2 is 1.86 bits per heavy atom. The maximum absolute atomic E-state index is 4.03. The highest BCUT2D eigenvalue weighted by Crippen LogP contribution is 1.94. The summed E-state index contributed by atoms with van der Waals surface area (Å²) >= 11 is 0. The zero-order chi connectivity index (χ0) is 5.91. The summed E-state index contributed by atoms with van der Waals surface area (Å²) in [5.74, 6) is 0. The third-order valence-electron chi connectivity index (χ3n) is 1.17. The van der Waals surface area contributed by atoms with Gasteiger partial charge in [-0.1, -0.05) is 0 Å². The first kappa shape index (κ1) is 6.92. The van der Waals surface area contributed by atoms with Crippen LogP contribution in [0.5, 0.6) is 0 Å².